The van der Waals surface area contributed by atoms with Crippen LogP contribution < -0.4 is 10.0 Å². The number of hydrogen-bond acceptors (Lipinski definition) is 5. The number of hydrogen-bond donors (Lipinski definition) is 2. The van der Waals surface area contributed by atoms with Gasteiger partial charge >= 0.3 is 0 Å². The van der Waals surface area contributed by atoms with Crippen molar-refractivity contribution in [3.8, 4) is 0 Å². The van der Waals surface area contributed by atoms with E-state index in [0.29, 0.717) is 29.9 Å². The third kappa shape index (κ3) is 6.13. The van der Waals surface area contributed by atoms with Gasteiger partial charge in [0.15, 0.2) is 0 Å². The number of nitrogens with one attached hydrogen (secondary N) is 2. The molecule has 0 aliphatic carbocycles. The molecule has 1 aromatic heterocycles. The first kappa shape index (κ1) is 18.0. The van der Waals surface area contributed by atoms with Gasteiger partial charge in [0.2, 0.25) is 10.0 Å². The number of thiophene rings is 1. The molecule has 0 amide bonds. The molecular weight excluding hydrogens is 312 g/mol. The summed E-state index contributed by atoms with van der Waals surface area (Å²) in [6.45, 7) is 7.38. The summed E-state index contributed by atoms with van der Waals surface area (Å²) >= 11 is 3.21. The van der Waals surface area contributed by atoms with Crippen LogP contribution in [0.25, 0.3) is 0 Å². The van der Waals surface area contributed by atoms with Crippen LogP contribution in [0.15, 0.2) is 16.3 Å². The highest BCUT2D eigenvalue weighted by Gasteiger charge is 2.17. The van der Waals surface area contributed by atoms with Crippen LogP contribution in [0.4, 0.5) is 0 Å². The van der Waals surface area contributed by atoms with Gasteiger partial charge in [-0.1, -0.05) is 20.8 Å². The fourth-order valence-electron chi connectivity index (χ4n) is 1.58. The van der Waals surface area contributed by atoms with Crippen molar-refractivity contribution in [2.24, 2.45) is 5.92 Å². The summed E-state index contributed by atoms with van der Waals surface area (Å²) < 4.78 is 27.0. The molecule has 7 heteroatoms. The van der Waals surface area contributed by atoms with Crippen molar-refractivity contribution >= 4 is 33.1 Å². The lowest BCUT2D eigenvalue weighted by Crippen LogP contribution is -2.29. The molecule has 1 aromatic rings. The first-order valence-corrected chi connectivity index (χ1v) is 10.4. The molecule has 0 spiro atoms. The van der Waals surface area contributed by atoms with Crippen molar-refractivity contribution < 1.29 is 8.42 Å². The summed E-state index contributed by atoms with van der Waals surface area (Å²) in [6, 6.07) is 2.14. The van der Waals surface area contributed by atoms with E-state index in [2.05, 4.69) is 23.9 Å². The van der Waals surface area contributed by atoms with Gasteiger partial charge in [-0.3, -0.25) is 0 Å². The molecule has 0 aromatic carbocycles. The van der Waals surface area contributed by atoms with Gasteiger partial charge in [0.05, 0.1) is 4.90 Å². The van der Waals surface area contributed by atoms with E-state index in [1.165, 1.54) is 11.3 Å². The lowest BCUT2D eigenvalue weighted by atomic mass is 10.2. The second-order valence-corrected chi connectivity index (χ2v) is 8.87. The monoisotopic (exact) mass is 336 g/mol. The summed E-state index contributed by atoms with van der Waals surface area (Å²) in [5.41, 5.74) is 0. The maximum Gasteiger partial charge on any atom is 0.241 e. The predicted molar refractivity (Wildman–Crippen MR) is 89.0 cm³/mol. The SMILES string of the molecule is CSCC(C)CNS(=O)(=O)c1csc(CNC(C)C)c1. The summed E-state index contributed by atoms with van der Waals surface area (Å²) in [4.78, 5) is 1.41. The van der Waals surface area contributed by atoms with Crippen molar-refractivity contribution in [3.05, 3.63) is 16.3 Å². The number of thioether (sulfide) groups is 1. The highest BCUT2D eigenvalue weighted by atomic mass is 32.2. The summed E-state index contributed by atoms with van der Waals surface area (Å²) in [6.07, 6.45) is 2.03. The van der Waals surface area contributed by atoms with E-state index < -0.39 is 10.0 Å². The second-order valence-electron chi connectivity index (χ2n) is 5.20. The third-order valence-electron chi connectivity index (χ3n) is 2.70. The van der Waals surface area contributed by atoms with Crippen LogP contribution in [0.2, 0.25) is 0 Å². The Kier molecular flexibility index (Phi) is 7.53. The van der Waals surface area contributed by atoms with Crippen LogP contribution >= 0.6 is 23.1 Å². The highest BCUT2D eigenvalue weighted by Crippen LogP contribution is 2.19. The number of sulfonamides is 1. The van der Waals surface area contributed by atoms with Crippen molar-refractivity contribution in [1.29, 1.82) is 0 Å². The molecule has 0 saturated carbocycles. The normalized spacial score (nSPS) is 13.8. The van der Waals surface area contributed by atoms with E-state index in [4.69, 9.17) is 0 Å². The van der Waals surface area contributed by atoms with E-state index in [1.807, 2.05) is 13.2 Å². The zero-order valence-electron chi connectivity index (χ0n) is 12.5. The van der Waals surface area contributed by atoms with Crippen molar-refractivity contribution in [1.82, 2.24) is 10.0 Å². The maximum atomic E-state index is 12.2. The molecule has 1 heterocycles. The van der Waals surface area contributed by atoms with Crippen LogP contribution in [0.1, 0.15) is 25.6 Å². The largest absolute Gasteiger partial charge is 0.310 e. The Balaban J connectivity index is 2.59. The minimum atomic E-state index is -3.37. The molecule has 0 fully saturated rings. The quantitative estimate of drug-likeness (QED) is 0.727. The Morgan fingerprint density at radius 1 is 1.35 bits per heavy atom. The van der Waals surface area contributed by atoms with Gasteiger partial charge in [0.1, 0.15) is 0 Å². The van der Waals surface area contributed by atoms with E-state index in [1.54, 1.807) is 23.2 Å². The van der Waals surface area contributed by atoms with Gasteiger partial charge in [-0.15, -0.1) is 11.3 Å². The van der Waals surface area contributed by atoms with Crippen LogP contribution in [-0.4, -0.2) is 33.0 Å². The maximum absolute atomic E-state index is 12.2. The molecular formula is C13H24N2O2S3. The highest BCUT2D eigenvalue weighted by molar-refractivity contribution is 7.98. The Morgan fingerprint density at radius 2 is 2.05 bits per heavy atom. The Hall–Kier alpha value is -0.0800. The minimum Gasteiger partial charge on any atom is -0.310 e. The molecule has 0 bridgehead atoms. The topological polar surface area (TPSA) is 58.2 Å². The smallest absolute Gasteiger partial charge is 0.241 e. The fourth-order valence-corrected chi connectivity index (χ4v) is 4.66. The first-order valence-electron chi connectivity index (χ1n) is 6.64. The van der Waals surface area contributed by atoms with Crippen molar-refractivity contribution in [2.45, 2.75) is 38.3 Å². The summed E-state index contributed by atoms with van der Waals surface area (Å²) in [5, 5.41) is 4.99. The van der Waals surface area contributed by atoms with Crippen LogP contribution in [0.3, 0.4) is 0 Å². The van der Waals surface area contributed by atoms with Crippen molar-refractivity contribution in [2.75, 3.05) is 18.6 Å². The van der Waals surface area contributed by atoms with Gasteiger partial charge in [-0.25, -0.2) is 13.1 Å². The van der Waals surface area contributed by atoms with E-state index >= 15 is 0 Å². The summed E-state index contributed by atoms with van der Waals surface area (Å²) in [5.74, 6) is 1.29. The van der Waals surface area contributed by atoms with Crippen LogP contribution in [0.5, 0.6) is 0 Å². The predicted octanol–water partition coefficient (Wildman–Crippen LogP) is 2.52. The second kappa shape index (κ2) is 8.38. The van der Waals surface area contributed by atoms with Gasteiger partial charge in [0, 0.05) is 29.4 Å². The van der Waals surface area contributed by atoms with Gasteiger partial charge in [-0.05, 0) is 24.0 Å². The van der Waals surface area contributed by atoms with Gasteiger partial charge in [0.25, 0.3) is 0 Å². The standard InChI is InChI=1S/C13H24N2O2S3/c1-10(2)14-7-12-5-13(9-19-12)20(16,17)15-6-11(3)8-18-4/h5,9-11,14-15H,6-8H2,1-4H3. The molecule has 0 radical (unpaired) electrons. The molecule has 2 N–H and O–H groups in total. The van der Waals surface area contributed by atoms with Crippen LogP contribution in [0, 0.1) is 5.92 Å². The van der Waals surface area contributed by atoms with E-state index in [-0.39, 0.29) is 0 Å². The molecule has 4 nitrogen and oxygen atoms in total. The zero-order valence-corrected chi connectivity index (χ0v) is 14.9. The average Bonchev–Trinajstić information content (AvgIpc) is 2.84. The Bertz CT molecular complexity index is 497. The molecule has 1 rings (SSSR count). The average molecular weight is 337 g/mol. The summed E-state index contributed by atoms with van der Waals surface area (Å²) in [7, 11) is -3.37. The third-order valence-corrected chi connectivity index (χ3v) is 6.09. The molecule has 1 atom stereocenters. The first-order chi connectivity index (χ1) is 9.35. The lowest BCUT2D eigenvalue weighted by Gasteiger charge is -2.10. The molecule has 1 unspecified atom stereocenters. The Labute approximate surface area is 130 Å². The van der Waals surface area contributed by atoms with E-state index in [9.17, 15) is 8.42 Å². The zero-order chi connectivity index (χ0) is 15.2. The molecule has 0 saturated heterocycles. The molecule has 116 valence electrons. The lowest BCUT2D eigenvalue weighted by molar-refractivity contribution is 0.562. The molecule has 0 aliphatic heterocycles. The number of rotatable bonds is 9. The van der Waals surface area contributed by atoms with Gasteiger partial charge < -0.3 is 5.32 Å². The molecule has 0 aliphatic rings. The Morgan fingerprint density at radius 3 is 2.65 bits per heavy atom. The van der Waals surface area contributed by atoms with Crippen molar-refractivity contribution in [3.63, 3.8) is 0 Å². The van der Waals surface area contributed by atoms with Crippen LogP contribution in [-0.2, 0) is 16.6 Å². The van der Waals surface area contributed by atoms with E-state index in [0.717, 1.165) is 10.6 Å². The molecule has 20 heavy (non-hydrogen) atoms. The van der Waals surface area contributed by atoms with Gasteiger partial charge in [-0.2, -0.15) is 11.8 Å². The minimum absolute atomic E-state index is 0.334. The fraction of sp³-hybridized carbons (Fsp3) is 0.692.